The Labute approximate surface area is 102 Å². The van der Waals surface area contributed by atoms with Crippen molar-refractivity contribution in [3.05, 3.63) is 46.4 Å². The second kappa shape index (κ2) is 3.63. The highest BCUT2D eigenvalue weighted by Crippen LogP contribution is 2.34. The number of benzene rings is 2. The molecule has 2 heteroatoms. The molecule has 0 aliphatic carbocycles. The first-order chi connectivity index (χ1) is 7.79. The Hall–Kier alpha value is -1.28. The van der Waals surface area contributed by atoms with Gasteiger partial charge in [0.25, 0.3) is 0 Å². The van der Waals surface area contributed by atoms with Gasteiger partial charge < -0.3 is 4.42 Å². The van der Waals surface area contributed by atoms with Crippen LogP contribution in [0.3, 0.4) is 0 Å². The van der Waals surface area contributed by atoms with E-state index in [1.54, 1.807) is 0 Å². The summed E-state index contributed by atoms with van der Waals surface area (Å²) in [5, 5.41) is 2.37. The first-order valence-corrected chi connectivity index (χ1v) is 6.18. The molecule has 0 N–H and O–H groups in total. The zero-order valence-electron chi connectivity index (χ0n) is 8.96. The van der Waals surface area contributed by atoms with Gasteiger partial charge in [-0.05, 0) is 36.2 Å². The van der Waals surface area contributed by atoms with E-state index >= 15 is 0 Å². The average Bonchev–Trinajstić information content (AvgIpc) is 2.67. The molecule has 16 heavy (non-hydrogen) atoms. The number of aryl methyl sites for hydroxylation is 1. The highest BCUT2D eigenvalue weighted by molar-refractivity contribution is 9.10. The van der Waals surface area contributed by atoms with Crippen molar-refractivity contribution in [2.75, 3.05) is 0 Å². The summed E-state index contributed by atoms with van der Waals surface area (Å²) in [7, 11) is 0. The highest BCUT2D eigenvalue weighted by atomic mass is 79.9. The average molecular weight is 275 g/mol. The van der Waals surface area contributed by atoms with Crippen LogP contribution >= 0.6 is 15.9 Å². The monoisotopic (exact) mass is 274 g/mol. The van der Waals surface area contributed by atoms with Crippen molar-refractivity contribution < 1.29 is 4.42 Å². The van der Waals surface area contributed by atoms with E-state index in [0.29, 0.717) is 0 Å². The normalized spacial score (nSPS) is 11.4. The molecule has 1 heterocycles. The first kappa shape index (κ1) is 9.91. The fourth-order valence-electron chi connectivity index (χ4n) is 2.05. The molecular weight excluding hydrogens is 264 g/mol. The Morgan fingerprint density at radius 1 is 1.12 bits per heavy atom. The van der Waals surface area contributed by atoms with Gasteiger partial charge in [0, 0.05) is 15.2 Å². The van der Waals surface area contributed by atoms with Gasteiger partial charge in [-0.3, -0.25) is 0 Å². The van der Waals surface area contributed by atoms with E-state index < -0.39 is 0 Å². The van der Waals surface area contributed by atoms with Gasteiger partial charge in [0.2, 0.25) is 0 Å². The number of furan rings is 1. The minimum Gasteiger partial charge on any atom is -0.456 e. The van der Waals surface area contributed by atoms with Gasteiger partial charge in [-0.2, -0.15) is 0 Å². The molecule has 0 saturated carbocycles. The fraction of sp³-hybridized carbons (Fsp3) is 0.143. The van der Waals surface area contributed by atoms with Crippen molar-refractivity contribution in [1.82, 2.24) is 0 Å². The molecular formula is C14H11BrO. The van der Waals surface area contributed by atoms with Crippen molar-refractivity contribution in [2.24, 2.45) is 0 Å². The number of fused-ring (bicyclic) bond motifs is 3. The van der Waals surface area contributed by atoms with Crippen molar-refractivity contribution in [2.45, 2.75) is 13.3 Å². The van der Waals surface area contributed by atoms with Gasteiger partial charge in [0.05, 0.1) is 0 Å². The van der Waals surface area contributed by atoms with Crippen LogP contribution in [0.25, 0.3) is 21.9 Å². The first-order valence-electron chi connectivity index (χ1n) is 5.39. The summed E-state index contributed by atoms with van der Waals surface area (Å²) >= 11 is 3.58. The number of rotatable bonds is 1. The molecule has 0 bridgehead atoms. The lowest BCUT2D eigenvalue weighted by Crippen LogP contribution is -1.77. The van der Waals surface area contributed by atoms with Crippen molar-refractivity contribution >= 4 is 37.9 Å². The van der Waals surface area contributed by atoms with E-state index in [0.717, 1.165) is 22.1 Å². The van der Waals surface area contributed by atoms with Crippen LogP contribution in [0.1, 0.15) is 12.5 Å². The molecule has 0 saturated heterocycles. The third-order valence-corrected chi connectivity index (χ3v) is 3.58. The maximum Gasteiger partial charge on any atom is 0.136 e. The summed E-state index contributed by atoms with van der Waals surface area (Å²) in [4.78, 5) is 0. The van der Waals surface area contributed by atoms with Crippen LogP contribution < -0.4 is 0 Å². The number of hydrogen-bond acceptors (Lipinski definition) is 1. The number of halogens is 1. The van der Waals surface area contributed by atoms with Crippen LogP contribution in [0.2, 0.25) is 0 Å². The second-order valence-corrected chi connectivity index (χ2v) is 4.75. The van der Waals surface area contributed by atoms with Gasteiger partial charge in [-0.15, -0.1) is 0 Å². The lowest BCUT2D eigenvalue weighted by Gasteiger charge is -1.96. The molecule has 0 aliphatic heterocycles. The smallest absolute Gasteiger partial charge is 0.136 e. The Kier molecular flexibility index (Phi) is 2.25. The Morgan fingerprint density at radius 2 is 2.00 bits per heavy atom. The molecule has 0 radical (unpaired) electrons. The zero-order valence-corrected chi connectivity index (χ0v) is 10.5. The number of hydrogen-bond donors (Lipinski definition) is 0. The summed E-state index contributed by atoms with van der Waals surface area (Å²) in [5.41, 5.74) is 3.24. The third kappa shape index (κ3) is 1.37. The SMILES string of the molecule is CCc1ccc2oc3cccc(Br)c3c2c1. The summed E-state index contributed by atoms with van der Waals surface area (Å²) in [6, 6.07) is 12.4. The largest absolute Gasteiger partial charge is 0.456 e. The molecule has 0 amide bonds. The molecule has 3 aromatic rings. The van der Waals surface area contributed by atoms with Crippen LogP contribution in [0.5, 0.6) is 0 Å². The molecule has 0 spiro atoms. The maximum absolute atomic E-state index is 5.80. The minimum absolute atomic E-state index is 0.942. The van der Waals surface area contributed by atoms with Crippen molar-refractivity contribution in [3.63, 3.8) is 0 Å². The molecule has 80 valence electrons. The van der Waals surface area contributed by atoms with Crippen molar-refractivity contribution in [3.8, 4) is 0 Å². The molecule has 1 aromatic heterocycles. The lowest BCUT2D eigenvalue weighted by atomic mass is 10.1. The molecule has 0 fully saturated rings. The predicted molar refractivity (Wildman–Crippen MR) is 70.8 cm³/mol. The molecule has 3 rings (SSSR count). The molecule has 2 aromatic carbocycles. The zero-order chi connectivity index (χ0) is 11.1. The predicted octanol–water partition coefficient (Wildman–Crippen LogP) is 4.91. The van der Waals surface area contributed by atoms with Gasteiger partial charge in [-0.1, -0.05) is 35.0 Å². The summed E-state index contributed by atoms with van der Waals surface area (Å²) < 4.78 is 6.90. The van der Waals surface area contributed by atoms with Crippen LogP contribution in [0.15, 0.2) is 45.3 Å². The van der Waals surface area contributed by atoms with Gasteiger partial charge >= 0.3 is 0 Å². The quantitative estimate of drug-likeness (QED) is 0.615. The van der Waals surface area contributed by atoms with E-state index in [1.165, 1.54) is 16.3 Å². The maximum atomic E-state index is 5.80. The van der Waals surface area contributed by atoms with Crippen LogP contribution in [-0.2, 0) is 6.42 Å². The van der Waals surface area contributed by atoms with Gasteiger partial charge in [0.1, 0.15) is 11.2 Å². The minimum atomic E-state index is 0.942. The fourth-order valence-corrected chi connectivity index (χ4v) is 2.61. The van der Waals surface area contributed by atoms with Crippen molar-refractivity contribution in [1.29, 1.82) is 0 Å². The van der Waals surface area contributed by atoms with Crippen LogP contribution in [0.4, 0.5) is 0 Å². The standard InChI is InChI=1S/C14H11BrO/c1-2-9-6-7-12-10(8-9)14-11(15)4-3-5-13(14)16-12/h3-8H,2H2,1H3. The Morgan fingerprint density at radius 3 is 2.81 bits per heavy atom. The van der Waals surface area contributed by atoms with E-state index in [4.69, 9.17) is 4.42 Å². The second-order valence-electron chi connectivity index (χ2n) is 3.90. The van der Waals surface area contributed by atoms with E-state index in [-0.39, 0.29) is 0 Å². The van der Waals surface area contributed by atoms with E-state index in [1.807, 2.05) is 12.1 Å². The van der Waals surface area contributed by atoms with Gasteiger partial charge in [0.15, 0.2) is 0 Å². The van der Waals surface area contributed by atoms with Gasteiger partial charge in [-0.25, -0.2) is 0 Å². The van der Waals surface area contributed by atoms with Crippen LogP contribution in [0, 0.1) is 0 Å². The van der Waals surface area contributed by atoms with E-state index in [2.05, 4.69) is 47.1 Å². The Bertz CT molecular complexity index is 667. The van der Waals surface area contributed by atoms with E-state index in [9.17, 15) is 0 Å². The molecule has 1 nitrogen and oxygen atoms in total. The third-order valence-electron chi connectivity index (χ3n) is 2.92. The summed E-state index contributed by atoms with van der Waals surface area (Å²) in [5.74, 6) is 0. The molecule has 0 aliphatic rings. The topological polar surface area (TPSA) is 13.1 Å². The lowest BCUT2D eigenvalue weighted by molar-refractivity contribution is 0.668. The summed E-state index contributed by atoms with van der Waals surface area (Å²) in [6.07, 6.45) is 1.05. The van der Waals surface area contributed by atoms with Crippen LogP contribution in [-0.4, -0.2) is 0 Å². The Balaban J connectivity index is 2.50. The summed E-state index contributed by atoms with van der Waals surface area (Å²) in [6.45, 7) is 2.17. The highest BCUT2D eigenvalue weighted by Gasteiger charge is 2.09. The molecule has 0 atom stereocenters. The molecule has 0 unspecified atom stereocenters.